The lowest BCUT2D eigenvalue weighted by molar-refractivity contribution is 0.186. The third kappa shape index (κ3) is 5.49. The van der Waals surface area contributed by atoms with Crippen molar-refractivity contribution in [3.05, 3.63) is 60.7 Å². The summed E-state index contributed by atoms with van der Waals surface area (Å²) in [5.41, 5.74) is 0. The van der Waals surface area contributed by atoms with Crippen LogP contribution in [-0.4, -0.2) is 50.1 Å². The van der Waals surface area contributed by atoms with Crippen molar-refractivity contribution in [1.29, 1.82) is 0 Å². The molecule has 0 spiro atoms. The van der Waals surface area contributed by atoms with E-state index in [2.05, 4.69) is 69.3 Å². The second-order valence-electron chi connectivity index (χ2n) is 6.68. The van der Waals surface area contributed by atoms with Crippen molar-refractivity contribution < 1.29 is 19.7 Å². The van der Waals surface area contributed by atoms with Crippen molar-refractivity contribution >= 4 is 18.7 Å². The fourth-order valence-corrected chi connectivity index (χ4v) is 7.51. The first kappa shape index (κ1) is 21.5. The number of hydrogen-bond acceptors (Lipinski definition) is 4. The fraction of sp³-hybridized carbons (Fsp3) is 0.400. The average molecular weight is 363 g/mol. The van der Waals surface area contributed by atoms with E-state index < -0.39 is 8.32 Å². The van der Waals surface area contributed by atoms with Crippen molar-refractivity contribution in [2.24, 2.45) is 0 Å². The standard InChI is InChI=1S/C18H24O2Si.C2H6O2/c1-18(2,3)21(20-15-14-19,16-10-6-4-7-11-16)17-12-8-5-9-13-17;3-1-2-4/h4-13,19H,14-15H2,1-3H3;3-4H,1-2H2. The summed E-state index contributed by atoms with van der Waals surface area (Å²) in [4.78, 5) is 0. The summed E-state index contributed by atoms with van der Waals surface area (Å²) in [6.45, 7) is 6.86. The van der Waals surface area contributed by atoms with Crippen molar-refractivity contribution in [2.75, 3.05) is 26.4 Å². The first-order valence-electron chi connectivity index (χ1n) is 8.51. The maximum absolute atomic E-state index is 9.29. The number of aliphatic hydroxyl groups excluding tert-OH is 3. The lowest BCUT2D eigenvalue weighted by Crippen LogP contribution is -2.66. The number of rotatable bonds is 6. The van der Waals surface area contributed by atoms with E-state index in [1.165, 1.54) is 10.4 Å². The molecule has 2 rings (SSSR count). The first-order valence-corrected chi connectivity index (χ1v) is 10.4. The van der Waals surface area contributed by atoms with Crippen LogP contribution in [0.4, 0.5) is 0 Å². The Bertz CT molecular complexity index is 540. The Hall–Kier alpha value is -1.50. The van der Waals surface area contributed by atoms with Crippen molar-refractivity contribution in [3.63, 3.8) is 0 Å². The van der Waals surface area contributed by atoms with E-state index in [9.17, 15) is 5.11 Å². The molecule has 5 heteroatoms. The normalized spacial score (nSPS) is 11.6. The van der Waals surface area contributed by atoms with Gasteiger partial charge in [-0.1, -0.05) is 81.4 Å². The zero-order valence-corrected chi connectivity index (χ0v) is 16.4. The lowest BCUT2D eigenvalue weighted by Gasteiger charge is -2.42. The molecule has 0 aromatic heterocycles. The molecule has 0 aliphatic heterocycles. The summed E-state index contributed by atoms with van der Waals surface area (Å²) in [6, 6.07) is 20.9. The average Bonchev–Trinajstić information content (AvgIpc) is 2.63. The lowest BCUT2D eigenvalue weighted by atomic mass is 10.2. The predicted octanol–water partition coefficient (Wildman–Crippen LogP) is 1.53. The zero-order valence-electron chi connectivity index (χ0n) is 15.4. The van der Waals surface area contributed by atoms with Crippen molar-refractivity contribution in [3.8, 4) is 0 Å². The molecule has 138 valence electrons. The molecule has 0 aliphatic carbocycles. The van der Waals surface area contributed by atoms with Crippen LogP contribution in [0.5, 0.6) is 0 Å². The molecule has 0 unspecified atom stereocenters. The number of hydrogen-bond donors (Lipinski definition) is 3. The molecule has 2 aromatic rings. The van der Waals surface area contributed by atoms with E-state index in [4.69, 9.17) is 14.6 Å². The van der Waals surface area contributed by atoms with E-state index in [1.54, 1.807) is 0 Å². The topological polar surface area (TPSA) is 69.9 Å². The van der Waals surface area contributed by atoms with Gasteiger partial charge in [-0.2, -0.15) is 0 Å². The molecule has 4 nitrogen and oxygen atoms in total. The van der Waals surface area contributed by atoms with Gasteiger partial charge in [0.2, 0.25) is 0 Å². The fourth-order valence-electron chi connectivity index (χ4n) is 2.96. The van der Waals surface area contributed by atoms with Crippen molar-refractivity contribution in [2.45, 2.75) is 25.8 Å². The van der Waals surface area contributed by atoms with Gasteiger partial charge < -0.3 is 19.7 Å². The third-order valence-electron chi connectivity index (χ3n) is 3.93. The Balaban J connectivity index is 0.000000705. The van der Waals surface area contributed by atoms with Gasteiger partial charge in [0, 0.05) is 0 Å². The highest BCUT2D eigenvalue weighted by Gasteiger charge is 2.49. The minimum absolute atomic E-state index is 0.0229. The SMILES string of the molecule is CC(C)(C)[Si](OCCO)(c1ccccc1)c1ccccc1.OCCO. The van der Waals surface area contributed by atoms with Gasteiger partial charge in [-0.15, -0.1) is 0 Å². The Kier molecular flexibility index (Phi) is 9.03. The van der Waals surface area contributed by atoms with Gasteiger partial charge >= 0.3 is 0 Å². The minimum Gasteiger partial charge on any atom is -0.405 e. The summed E-state index contributed by atoms with van der Waals surface area (Å²) in [7, 11) is -2.43. The highest BCUT2D eigenvalue weighted by atomic mass is 28.4. The van der Waals surface area contributed by atoms with Gasteiger partial charge in [0.1, 0.15) is 0 Å². The van der Waals surface area contributed by atoms with Gasteiger partial charge in [0.15, 0.2) is 0 Å². The van der Waals surface area contributed by atoms with Gasteiger partial charge in [0.25, 0.3) is 8.32 Å². The quantitative estimate of drug-likeness (QED) is 0.682. The second-order valence-corrected chi connectivity index (χ2v) is 11.0. The molecule has 0 aliphatic rings. The molecular weight excluding hydrogens is 332 g/mol. The van der Waals surface area contributed by atoms with Gasteiger partial charge in [-0.25, -0.2) is 0 Å². The van der Waals surface area contributed by atoms with Gasteiger partial charge in [-0.3, -0.25) is 0 Å². The monoisotopic (exact) mass is 362 g/mol. The first-order chi connectivity index (χ1) is 11.9. The molecule has 3 N–H and O–H groups in total. The molecule has 0 saturated carbocycles. The van der Waals surface area contributed by atoms with Crippen LogP contribution in [0.25, 0.3) is 0 Å². The van der Waals surface area contributed by atoms with E-state index in [-0.39, 0.29) is 24.9 Å². The van der Waals surface area contributed by atoms with E-state index >= 15 is 0 Å². The van der Waals surface area contributed by atoms with Gasteiger partial charge in [0.05, 0.1) is 26.4 Å². The van der Waals surface area contributed by atoms with Crippen LogP contribution in [0.2, 0.25) is 5.04 Å². The number of aliphatic hydroxyl groups is 3. The van der Waals surface area contributed by atoms with Crippen LogP contribution in [0, 0.1) is 0 Å². The molecule has 0 heterocycles. The van der Waals surface area contributed by atoms with Crippen LogP contribution < -0.4 is 10.4 Å². The van der Waals surface area contributed by atoms with E-state index in [1.807, 2.05) is 12.1 Å². The Labute approximate surface area is 151 Å². The highest BCUT2D eigenvalue weighted by molar-refractivity contribution is 6.99. The maximum atomic E-state index is 9.29. The van der Waals surface area contributed by atoms with Crippen LogP contribution in [0.3, 0.4) is 0 Å². The molecule has 0 radical (unpaired) electrons. The molecule has 0 saturated heterocycles. The Morgan fingerprint density at radius 1 is 0.720 bits per heavy atom. The Morgan fingerprint density at radius 2 is 1.12 bits per heavy atom. The second kappa shape index (κ2) is 10.5. The largest absolute Gasteiger partial charge is 0.405 e. The third-order valence-corrected chi connectivity index (χ3v) is 8.97. The summed E-state index contributed by atoms with van der Waals surface area (Å²) in [6.07, 6.45) is 0. The molecule has 0 bridgehead atoms. The van der Waals surface area contributed by atoms with E-state index in [0.29, 0.717) is 6.61 Å². The van der Waals surface area contributed by atoms with Crippen LogP contribution in [0.15, 0.2) is 60.7 Å². The maximum Gasteiger partial charge on any atom is 0.261 e. The molecule has 2 aromatic carbocycles. The van der Waals surface area contributed by atoms with E-state index in [0.717, 1.165) is 0 Å². The zero-order chi connectivity index (χ0) is 18.8. The minimum atomic E-state index is -2.43. The highest BCUT2D eigenvalue weighted by Crippen LogP contribution is 2.36. The van der Waals surface area contributed by atoms with Crippen LogP contribution in [-0.2, 0) is 4.43 Å². The molecular formula is C20H30O4Si. The summed E-state index contributed by atoms with van der Waals surface area (Å²) in [5.74, 6) is 0. The van der Waals surface area contributed by atoms with Crippen LogP contribution in [0.1, 0.15) is 20.8 Å². The molecule has 25 heavy (non-hydrogen) atoms. The predicted molar refractivity (Wildman–Crippen MR) is 105 cm³/mol. The smallest absolute Gasteiger partial charge is 0.261 e. The summed E-state index contributed by atoms with van der Waals surface area (Å²) >= 11 is 0. The van der Waals surface area contributed by atoms with Crippen molar-refractivity contribution in [1.82, 2.24) is 0 Å². The van der Waals surface area contributed by atoms with Crippen LogP contribution >= 0.6 is 0 Å². The molecule has 0 atom stereocenters. The summed E-state index contributed by atoms with van der Waals surface area (Å²) < 4.78 is 6.40. The molecule has 0 amide bonds. The molecule has 0 fully saturated rings. The Morgan fingerprint density at radius 3 is 1.40 bits per heavy atom. The number of benzene rings is 2. The summed E-state index contributed by atoms with van der Waals surface area (Å²) in [5, 5.41) is 27.0. The van der Waals surface area contributed by atoms with Gasteiger partial charge in [-0.05, 0) is 15.4 Å².